The van der Waals surface area contributed by atoms with Crippen molar-refractivity contribution in [3.63, 3.8) is 0 Å². The van der Waals surface area contributed by atoms with Crippen LogP contribution in [0.4, 0.5) is 5.69 Å². The van der Waals surface area contributed by atoms with E-state index in [1.54, 1.807) is 9.80 Å². The van der Waals surface area contributed by atoms with E-state index in [9.17, 15) is 9.59 Å². The average Bonchev–Trinajstić information content (AvgIpc) is 3.23. The van der Waals surface area contributed by atoms with Crippen LogP contribution in [-0.2, 0) is 9.59 Å². The molecule has 124 valence electrons. The van der Waals surface area contributed by atoms with Crippen LogP contribution in [0.3, 0.4) is 0 Å². The molecule has 2 amide bonds. The Balaban J connectivity index is 1.57. The Morgan fingerprint density at radius 1 is 1.48 bits per heavy atom. The fraction of sp³-hybridized carbons (Fsp3) is 0.529. The van der Waals surface area contributed by atoms with Crippen LogP contribution in [0.25, 0.3) is 0 Å². The maximum Gasteiger partial charge on any atom is 0.260 e. The fourth-order valence-electron chi connectivity index (χ4n) is 3.08. The van der Waals surface area contributed by atoms with E-state index in [1.807, 2.05) is 31.3 Å². The number of hydrogen-bond donors (Lipinski definition) is 1. The lowest BCUT2D eigenvalue weighted by atomic mass is 10.2. The van der Waals surface area contributed by atoms with Gasteiger partial charge in [0.25, 0.3) is 5.91 Å². The van der Waals surface area contributed by atoms with Crippen LogP contribution in [-0.4, -0.2) is 56.0 Å². The van der Waals surface area contributed by atoms with Gasteiger partial charge in [-0.25, -0.2) is 0 Å². The molecule has 2 heterocycles. The van der Waals surface area contributed by atoms with Crippen molar-refractivity contribution >= 4 is 17.5 Å². The zero-order valence-electron chi connectivity index (χ0n) is 13.5. The highest BCUT2D eigenvalue weighted by atomic mass is 16.5. The zero-order chi connectivity index (χ0) is 16.2. The topological polar surface area (TPSA) is 61.9 Å². The van der Waals surface area contributed by atoms with Gasteiger partial charge < -0.3 is 19.9 Å². The number of likely N-dealkylation sites (N-methyl/N-ethyl adjacent to an activating group) is 1. The molecule has 0 bridgehead atoms. The van der Waals surface area contributed by atoms with Crippen LogP contribution < -0.4 is 15.0 Å². The van der Waals surface area contributed by atoms with Crippen LogP contribution in [0.5, 0.6) is 5.75 Å². The molecule has 0 radical (unpaired) electrons. The molecule has 1 aromatic rings. The summed E-state index contributed by atoms with van der Waals surface area (Å²) >= 11 is 0. The summed E-state index contributed by atoms with van der Waals surface area (Å²) in [5, 5.41) is 3.25. The predicted molar refractivity (Wildman–Crippen MR) is 87.6 cm³/mol. The molecule has 0 aliphatic carbocycles. The van der Waals surface area contributed by atoms with E-state index in [0.717, 1.165) is 38.2 Å². The number of benzene rings is 1. The number of amides is 2. The number of carbonyl (C=O) groups excluding carboxylic acids is 2. The smallest absolute Gasteiger partial charge is 0.260 e. The van der Waals surface area contributed by atoms with E-state index in [4.69, 9.17) is 4.74 Å². The molecule has 0 saturated carbocycles. The summed E-state index contributed by atoms with van der Waals surface area (Å²) in [5.41, 5.74) is 0.839. The van der Waals surface area contributed by atoms with Crippen LogP contribution >= 0.6 is 0 Å². The van der Waals surface area contributed by atoms with Gasteiger partial charge in [0.2, 0.25) is 5.91 Å². The molecule has 1 atom stereocenters. The minimum Gasteiger partial charge on any atom is -0.484 e. The van der Waals surface area contributed by atoms with E-state index >= 15 is 0 Å². The normalized spacial score (nSPS) is 20.8. The molecule has 1 unspecified atom stereocenters. The zero-order valence-corrected chi connectivity index (χ0v) is 13.5. The first-order chi connectivity index (χ1) is 11.1. The molecule has 23 heavy (non-hydrogen) atoms. The van der Waals surface area contributed by atoms with E-state index in [1.165, 1.54) is 0 Å². The number of nitrogens with one attached hydrogen (secondary N) is 1. The van der Waals surface area contributed by atoms with Gasteiger partial charge in [-0.1, -0.05) is 6.07 Å². The second-order valence-corrected chi connectivity index (χ2v) is 6.09. The van der Waals surface area contributed by atoms with Crippen LogP contribution in [0.1, 0.15) is 19.3 Å². The summed E-state index contributed by atoms with van der Waals surface area (Å²) in [6, 6.07) is 7.64. The summed E-state index contributed by atoms with van der Waals surface area (Å²) in [6.45, 7) is 2.56. The highest BCUT2D eigenvalue weighted by Crippen LogP contribution is 2.25. The lowest BCUT2D eigenvalue weighted by Crippen LogP contribution is -2.40. The van der Waals surface area contributed by atoms with Crippen LogP contribution in [0, 0.1) is 0 Å². The maximum absolute atomic E-state index is 12.2. The van der Waals surface area contributed by atoms with Gasteiger partial charge in [-0.2, -0.15) is 0 Å². The third-order valence-electron chi connectivity index (χ3n) is 4.54. The summed E-state index contributed by atoms with van der Waals surface area (Å²) in [5.74, 6) is 0.738. The molecule has 1 N–H and O–H groups in total. The quantitative estimate of drug-likeness (QED) is 0.880. The van der Waals surface area contributed by atoms with Gasteiger partial charge >= 0.3 is 0 Å². The first-order valence-corrected chi connectivity index (χ1v) is 8.15. The molecule has 2 fully saturated rings. The van der Waals surface area contributed by atoms with Crippen molar-refractivity contribution in [1.82, 2.24) is 10.2 Å². The Labute approximate surface area is 136 Å². The Bertz CT molecular complexity index is 584. The van der Waals surface area contributed by atoms with Crippen molar-refractivity contribution in [3.05, 3.63) is 24.3 Å². The Morgan fingerprint density at radius 3 is 3.04 bits per heavy atom. The second kappa shape index (κ2) is 7.00. The van der Waals surface area contributed by atoms with Crippen molar-refractivity contribution in [1.29, 1.82) is 0 Å². The molecule has 2 aliphatic heterocycles. The lowest BCUT2D eigenvalue weighted by Gasteiger charge is -2.24. The Morgan fingerprint density at radius 2 is 2.35 bits per heavy atom. The van der Waals surface area contributed by atoms with Gasteiger partial charge in [0.15, 0.2) is 6.61 Å². The highest BCUT2D eigenvalue weighted by molar-refractivity contribution is 5.95. The number of rotatable bonds is 5. The summed E-state index contributed by atoms with van der Waals surface area (Å²) in [6.07, 6.45) is 2.47. The molecular formula is C17H23N3O3. The molecule has 0 aromatic heterocycles. The van der Waals surface area contributed by atoms with Crippen molar-refractivity contribution in [2.45, 2.75) is 25.3 Å². The van der Waals surface area contributed by atoms with Crippen molar-refractivity contribution < 1.29 is 14.3 Å². The molecule has 6 nitrogen and oxygen atoms in total. The molecule has 2 saturated heterocycles. The third kappa shape index (κ3) is 3.64. The minimum absolute atomic E-state index is 0.0183. The second-order valence-electron chi connectivity index (χ2n) is 6.09. The lowest BCUT2D eigenvalue weighted by molar-refractivity contribution is -0.133. The van der Waals surface area contributed by atoms with Gasteiger partial charge in [-0.3, -0.25) is 9.59 Å². The monoisotopic (exact) mass is 317 g/mol. The third-order valence-corrected chi connectivity index (χ3v) is 4.54. The number of anilines is 1. The molecule has 2 aliphatic rings. The van der Waals surface area contributed by atoms with Crippen LogP contribution in [0.2, 0.25) is 0 Å². The molecular weight excluding hydrogens is 294 g/mol. The van der Waals surface area contributed by atoms with E-state index in [-0.39, 0.29) is 24.5 Å². The van der Waals surface area contributed by atoms with Gasteiger partial charge in [-0.15, -0.1) is 0 Å². The van der Waals surface area contributed by atoms with Crippen molar-refractivity contribution in [2.24, 2.45) is 0 Å². The van der Waals surface area contributed by atoms with E-state index in [2.05, 4.69) is 5.32 Å². The molecule has 3 rings (SSSR count). The summed E-state index contributed by atoms with van der Waals surface area (Å²) < 4.78 is 5.63. The SMILES string of the molecule is CN(C(=O)COc1cccc(N2CCCC2=O)c1)C1CCNC1. The first-order valence-electron chi connectivity index (χ1n) is 8.15. The Kier molecular flexibility index (Phi) is 4.81. The van der Waals surface area contributed by atoms with Gasteiger partial charge in [0.05, 0.1) is 0 Å². The molecule has 6 heteroatoms. The van der Waals surface area contributed by atoms with Gasteiger partial charge in [0.1, 0.15) is 5.75 Å². The largest absolute Gasteiger partial charge is 0.484 e. The van der Waals surface area contributed by atoms with Crippen LogP contribution in [0.15, 0.2) is 24.3 Å². The fourth-order valence-corrected chi connectivity index (χ4v) is 3.08. The summed E-state index contributed by atoms with van der Waals surface area (Å²) in [7, 11) is 1.82. The standard InChI is InChI=1S/C17H23N3O3/c1-19(14-7-8-18-11-14)17(22)12-23-15-5-2-4-13(10-15)20-9-3-6-16(20)21/h2,4-5,10,14,18H,3,6-9,11-12H2,1H3. The van der Waals surface area contributed by atoms with Crippen molar-refractivity contribution in [3.8, 4) is 5.75 Å². The maximum atomic E-state index is 12.2. The highest BCUT2D eigenvalue weighted by Gasteiger charge is 2.24. The number of ether oxygens (including phenoxy) is 1. The molecule has 0 spiro atoms. The summed E-state index contributed by atoms with van der Waals surface area (Å²) in [4.78, 5) is 27.5. The van der Waals surface area contributed by atoms with Gasteiger partial charge in [-0.05, 0) is 31.5 Å². The minimum atomic E-state index is -0.0265. The number of hydrogen-bond acceptors (Lipinski definition) is 4. The van der Waals surface area contributed by atoms with E-state index < -0.39 is 0 Å². The van der Waals surface area contributed by atoms with Crippen molar-refractivity contribution in [2.75, 3.05) is 38.2 Å². The predicted octanol–water partition coefficient (Wildman–Crippen LogP) is 1.01. The van der Waals surface area contributed by atoms with E-state index in [0.29, 0.717) is 12.2 Å². The number of carbonyl (C=O) groups is 2. The van der Waals surface area contributed by atoms with Gasteiger partial charge in [0, 0.05) is 44.4 Å². The average molecular weight is 317 g/mol. The number of nitrogens with zero attached hydrogens (tertiary/aromatic N) is 2. The first kappa shape index (κ1) is 15.8. The Hall–Kier alpha value is -2.08. The molecule has 1 aromatic carbocycles.